The molecular formula is C18H19NO4. The summed E-state index contributed by atoms with van der Waals surface area (Å²) in [7, 11) is 2.90. The fraction of sp³-hybridized carbons (Fsp3) is 0.222. The summed E-state index contributed by atoms with van der Waals surface area (Å²) < 4.78 is 9.98. The molecule has 0 aromatic heterocycles. The first-order valence-electron chi connectivity index (χ1n) is 7.16. The van der Waals surface area contributed by atoms with Crippen molar-refractivity contribution in [3.8, 4) is 5.75 Å². The Bertz CT molecular complexity index is 725. The summed E-state index contributed by atoms with van der Waals surface area (Å²) in [6, 6.07) is 12.5. The Balaban J connectivity index is 2.16. The topological polar surface area (TPSA) is 64.6 Å². The molecule has 0 unspecified atom stereocenters. The lowest BCUT2D eigenvalue weighted by molar-refractivity contribution is -0.115. The molecule has 2 aromatic rings. The molecule has 1 amide bonds. The van der Waals surface area contributed by atoms with E-state index in [9.17, 15) is 9.59 Å². The number of benzene rings is 2. The summed E-state index contributed by atoms with van der Waals surface area (Å²) in [5.41, 5.74) is 2.50. The van der Waals surface area contributed by atoms with Gasteiger partial charge in [0.1, 0.15) is 5.75 Å². The maximum atomic E-state index is 12.3. The maximum absolute atomic E-state index is 12.3. The monoisotopic (exact) mass is 313 g/mol. The van der Waals surface area contributed by atoms with Gasteiger partial charge in [0, 0.05) is 11.3 Å². The Morgan fingerprint density at radius 1 is 1.04 bits per heavy atom. The van der Waals surface area contributed by atoms with Gasteiger partial charge < -0.3 is 14.8 Å². The van der Waals surface area contributed by atoms with Crippen LogP contribution in [0, 0.1) is 6.92 Å². The van der Waals surface area contributed by atoms with Crippen molar-refractivity contribution in [3.05, 3.63) is 59.2 Å². The summed E-state index contributed by atoms with van der Waals surface area (Å²) in [6.45, 7) is 1.77. The molecule has 0 saturated heterocycles. The number of carbonyl (C=O) groups excluding carboxylic acids is 2. The number of hydrogen-bond acceptors (Lipinski definition) is 4. The molecular weight excluding hydrogens is 294 g/mol. The predicted octanol–water partition coefficient (Wildman–Crippen LogP) is 2.97. The highest BCUT2D eigenvalue weighted by molar-refractivity contribution is 5.97. The van der Waals surface area contributed by atoms with E-state index in [1.807, 2.05) is 24.3 Å². The zero-order valence-electron chi connectivity index (χ0n) is 13.4. The lowest BCUT2D eigenvalue weighted by Gasteiger charge is -2.12. The molecule has 0 spiro atoms. The van der Waals surface area contributed by atoms with E-state index in [1.165, 1.54) is 7.11 Å². The van der Waals surface area contributed by atoms with Gasteiger partial charge in [-0.15, -0.1) is 0 Å². The molecule has 0 fully saturated rings. The molecule has 120 valence electrons. The summed E-state index contributed by atoms with van der Waals surface area (Å²) in [6.07, 6.45) is 0.186. The smallest absolute Gasteiger partial charge is 0.338 e. The Labute approximate surface area is 135 Å². The normalized spacial score (nSPS) is 10.0. The number of esters is 1. The third-order valence-electron chi connectivity index (χ3n) is 3.56. The molecule has 0 aliphatic carbocycles. The van der Waals surface area contributed by atoms with Crippen molar-refractivity contribution < 1.29 is 19.1 Å². The average Bonchev–Trinajstić information content (AvgIpc) is 2.56. The van der Waals surface area contributed by atoms with Crippen LogP contribution in [0.15, 0.2) is 42.5 Å². The predicted molar refractivity (Wildman–Crippen MR) is 87.8 cm³/mol. The van der Waals surface area contributed by atoms with Crippen LogP contribution in [-0.2, 0) is 16.0 Å². The van der Waals surface area contributed by atoms with Gasteiger partial charge in [0.2, 0.25) is 5.91 Å². The highest BCUT2D eigenvalue weighted by Crippen LogP contribution is 2.21. The second kappa shape index (κ2) is 7.45. The number of nitrogens with one attached hydrogen (secondary N) is 1. The fourth-order valence-electron chi connectivity index (χ4n) is 2.32. The van der Waals surface area contributed by atoms with Gasteiger partial charge in [-0.2, -0.15) is 0 Å². The number of anilines is 1. The average molecular weight is 313 g/mol. The first-order valence-corrected chi connectivity index (χ1v) is 7.16. The summed E-state index contributed by atoms with van der Waals surface area (Å²) in [4.78, 5) is 24.0. The molecule has 5 heteroatoms. The van der Waals surface area contributed by atoms with Crippen molar-refractivity contribution in [2.75, 3.05) is 19.5 Å². The lowest BCUT2D eigenvalue weighted by atomic mass is 10.1. The van der Waals surface area contributed by atoms with Crippen LogP contribution in [-0.4, -0.2) is 26.1 Å². The van der Waals surface area contributed by atoms with Crippen LogP contribution in [0.5, 0.6) is 5.75 Å². The van der Waals surface area contributed by atoms with Crippen molar-refractivity contribution in [1.29, 1.82) is 0 Å². The van der Waals surface area contributed by atoms with Gasteiger partial charge in [0.05, 0.1) is 26.2 Å². The highest BCUT2D eigenvalue weighted by Gasteiger charge is 2.14. The molecule has 1 N–H and O–H groups in total. The van der Waals surface area contributed by atoms with Gasteiger partial charge in [0.15, 0.2) is 0 Å². The molecule has 0 aliphatic rings. The molecule has 23 heavy (non-hydrogen) atoms. The SMILES string of the molecule is COC(=O)c1cccc(NC(=O)Cc2ccccc2OC)c1C. The van der Waals surface area contributed by atoms with E-state index in [0.29, 0.717) is 22.6 Å². The number of methoxy groups -OCH3 is 2. The van der Waals surface area contributed by atoms with Crippen molar-refractivity contribution in [2.24, 2.45) is 0 Å². The van der Waals surface area contributed by atoms with E-state index in [-0.39, 0.29) is 12.3 Å². The van der Waals surface area contributed by atoms with E-state index in [1.54, 1.807) is 32.2 Å². The molecule has 0 aliphatic heterocycles. The minimum Gasteiger partial charge on any atom is -0.496 e. The number of para-hydroxylation sites is 1. The van der Waals surface area contributed by atoms with Crippen LogP contribution < -0.4 is 10.1 Å². The molecule has 0 atom stereocenters. The number of rotatable bonds is 5. The minimum absolute atomic E-state index is 0.181. The lowest BCUT2D eigenvalue weighted by Crippen LogP contribution is -2.16. The fourth-order valence-corrected chi connectivity index (χ4v) is 2.32. The van der Waals surface area contributed by atoms with Crippen LogP contribution in [0.25, 0.3) is 0 Å². The molecule has 2 aromatic carbocycles. The summed E-state index contributed by atoms with van der Waals surface area (Å²) in [5, 5.41) is 2.83. The standard InChI is InChI=1S/C18H19NO4/c1-12-14(18(21)23-3)8-6-9-15(12)19-17(20)11-13-7-4-5-10-16(13)22-2/h4-10H,11H2,1-3H3,(H,19,20). The van der Waals surface area contributed by atoms with Gasteiger partial charge in [-0.05, 0) is 30.7 Å². The highest BCUT2D eigenvalue weighted by atomic mass is 16.5. The van der Waals surface area contributed by atoms with E-state index in [4.69, 9.17) is 9.47 Å². The van der Waals surface area contributed by atoms with Gasteiger partial charge in [0.25, 0.3) is 0 Å². The van der Waals surface area contributed by atoms with E-state index < -0.39 is 5.97 Å². The van der Waals surface area contributed by atoms with Crippen molar-refractivity contribution in [2.45, 2.75) is 13.3 Å². The number of amides is 1. The molecule has 0 heterocycles. The molecule has 5 nitrogen and oxygen atoms in total. The molecule has 2 rings (SSSR count). The van der Waals surface area contributed by atoms with E-state index in [2.05, 4.69) is 5.32 Å². The van der Waals surface area contributed by atoms with Gasteiger partial charge in [-0.3, -0.25) is 4.79 Å². The van der Waals surface area contributed by atoms with Crippen molar-refractivity contribution >= 4 is 17.6 Å². The summed E-state index contributed by atoms with van der Waals surface area (Å²) in [5.74, 6) is 0.0608. The second-order valence-electron chi connectivity index (χ2n) is 5.01. The Hall–Kier alpha value is -2.82. The molecule has 0 bridgehead atoms. The summed E-state index contributed by atoms with van der Waals surface area (Å²) >= 11 is 0. The zero-order chi connectivity index (χ0) is 16.8. The van der Waals surface area contributed by atoms with Crippen LogP contribution in [0.1, 0.15) is 21.5 Å². The Morgan fingerprint density at radius 2 is 1.78 bits per heavy atom. The largest absolute Gasteiger partial charge is 0.496 e. The van der Waals surface area contributed by atoms with Gasteiger partial charge >= 0.3 is 5.97 Å². The van der Waals surface area contributed by atoms with Crippen LogP contribution in [0.2, 0.25) is 0 Å². The third kappa shape index (κ3) is 3.88. The van der Waals surface area contributed by atoms with Gasteiger partial charge in [-0.25, -0.2) is 4.79 Å². The quantitative estimate of drug-likeness (QED) is 0.862. The van der Waals surface area contributed by atoms with E-state index >= 15 is 0 Å². The Kier molecular flexibility index (Phi) is 5.36. The first-order chi connectivity index (χ1) is 11.1. The zero-order valence-corrected chi connectivity index (χ0v) is 13.4. The second-order valence-corrected chi connectivity index (χ2v) is 5.01. The maximum Gasteiger partial charge on any atom is 0.338 e. The Morgan fingerprint density at radius 3 is 2.48 bits per heavy atom. The van der Waals surface area contributed by atoms with E-state index in [0.717, 1.165) is 5.56 Å². The van der Waals surface area contributed by atoms with Crippen LogP contribution >= 0.6 is 0 Å². The first kappa shape index (κ1) is 16.5. The van der Waals surface area contributed by atoms with Crippen LogP contribution in [0.4, 0.5) is 5.69 Å². The van der Waals surface area contributed by atoms with Crippen molar-refractivity contribution in [3.63, 3.8) is 0 Å². The number of carbonyl (C=O) groups is 2. The molecule has 0 radical (unpaired) electrons. The minimum atomic E-state index is -0.427. The van der Waals surface area contributed by atoms with Gasteiger partial charge in [-0.1, -0.05) is 24.3 Å². The number of hydrogen-bond donors (Lipinski definition) is 1. The third-order valence-corrected chi connectivity index (χ3v) is 3.56. The molecule has 0 saturated carbocycles. The van der Waals surface area contributed by atoms with Crippen LogP contribution in [0.3, 0.4) is 0 Å². The number of ether oxygens (including phenoxy) is 2. The van der Waals surface area contributed by atoms with Crippen molar-refractivity contribution in [1.82, 2.24) is 0 Å².